The number of halogens is 4. The highest BCUT2D eigenvalue weighted by Gasteiger charge is 2.39. The third-order valence-electron chi connectivity index (χ3n) is 3.02. The van der Waals surface area contributed by atoms with E-state index < -0.39 is 12.1 Å². The normalized spacial score (nSPS) is 16.5. The molecule has 6 heteroatoms. The molecule has 0 aliphatic heterocycles. The van der Waals surface area contributed by atoms with Crippen LogP contribution in [0.15, 0.2) is 22.9 Å². The number of aromatic nitrogens is 1. The summed E-state index contributed by atoms with van der Waals surface area (Å²) >= 11 is 3.27. The molecule has 2 rings (SSSR count). The lowest BCUT2D eigenvalue weighted by atomic mass is 9.89. The van der Waals surface area contributed by atoms with Crippen molar-refractivity contribution in [2.45, 2.75) is 38.3 Å². The molecule has 0 saturated heterocycles. The molecule has 0 aromatic carbocycles. The highest BCUT2D eigenvalue weighted by atomic mass is 79.9. The van der Waals surface area contributed by atoms with Crippen LogP contribution in [0.25, 0.3) is 0 Å². The molecular formula is C13H17BrF3NO. The molecule has 1 saturated carbocycles. The van der Waals surface area contributed by atoms with Crippen molar-refractivity contribution in [1.29, 1.82) is 0 Å². The molecule has 2 nitrogen and oxygen atoms in total. The summed E-state index contributed by atoms with van der Waals surface area (Å²) in [5.41, 5.74) is 0. The molecule has 0 amide bonds. The van der Waals surface area contributed by atoms with E-state index in [1.54, 1.807) is 25.6 Å². The maximum absolute atomic E-state index is 11.9. The van der Waals surface area contributed by atoms with Gasteiger partial charge in [0.1, 0.15) is 5.75 Å². The van der Waals surface area contributed by atoms with Gasteiger partial charge in [0.2, 0.25) is 0 Å². The standard InChI is InChI=1S/C7H11F3.C6H6BrNO/c8-7(9,10)6-4-2-1-3-5-6;1-9-6-2-3-8-4-5(6)7/h6H,1-5H2;2-4H,1H3. The average Bonchev–Trinajstić information content (AvgIpc) is 2.40. The molecule has 0 N–H and O–H groups in total. The fraction of sp³-hybridized carbons (Fsp3) is 0.615. The number of pyridine rings is 1. The Balaban J connectivity index is 0.000000191. The number of rotatable bonds is 1. The summed E-state index contributed by atoms with van der Waals surface area (Å²) in [5.74, 6) is -0.189. The smallest absolute Gasteiger partial charge is 0.391 e. The largest absolute Gasteiger partial charge is 0.495 e. The summed E-state index contributed by atoms with van der Waals surface area (Å²) < 4.78 is 41.7. The Kier molecular flexibility index (Phi) is 6.62. The van der Waals surface area contributed by atoms with Gasteiger partial charge in [-0.1, -0.05) is 19.3 Å². The molecule has 108 valence electrons. The molecule has 1 aromatic heterocycles. The van der Waals surface area contributed by atoms with E-state index in [0.29, 0.717) is 12.8 Å². The lowest BCUT2D eigenvalue weighted by Crippen LogP contribution is -2.24. The quantitative estimate of drug-likeness (QED) is 0.719. The summed E-state index contributed by atoms with van der Waals surface area (Å²) in [5, 5.41) is 0. The van der Waals surface area contributed by atoms with Crippen LogP contribution in [-0.4, -0.2) is 18.3 Å². The third kappa shape index (κ3) is 5.80. The van der Waals surface area contributed by atoms with E-state index in [0.717, 1.165) is 29.5 Å². The first-order valence-corrected chi connectivity index (χ1v) is 6.94. The number of ether oxygens (including phenoxy) is 1. The molecule has 0 radical (unpaired) electrons. The first-order chi connectivity index (χ1) is 8.95. The topological polar surface area (TPSA) is 22.1 Å². The van der Waals surface area contributed by atoms with Gasteiger partial charge in [0.25, 0.3) is 0 Å². The van der Waals surface area contributed by atoms with Crippen molar-refractivity contribution in [3.05, 3.63) is 22.9 Å². The van der Waals surface area contributed by atoms with Crippen LogP contribution in [0.4, 0.5) is 13.2 Å². The van der Waals surface area contributed by atoms with Crippen LogP contribution in [0.1, 0.15) is 32.1 Å². The molecule has 0 bridgehead atoms. The number of hydrogen-bond donors (Lipinski definition) is 0. The second kappa shape index (κ2) is 7.72. The molecule has 0 unspecified atom stereocenters. The SMILES string of the molecule is COc1ccncc1Br.FC(F)(F)C1CCCCC1. The molecule has 0 spiro atoms. The van der Waals surface area contributed by atoms with Gasteiger partial charge in [0.15, 0.2) is 0 Å². The Morgan fingerprint density at radius 3 is 2.26 bits per heavy atom. The second-order valence-electron chi connectivity index (χ2n) is 4.39. The summed E-state index contributed by atoms with van der Waals surface area (Å²) in [7, 11) is 1.63. The summed E-state index contributed by atoms with van der Waals surface area (Å²) in [6.07, 6.45) is 2.64. The zero-order chi connectivity index (χ0) is 14.3. The van der Waals surface area contributed by atoms with E-state index >= 15 is 0 Å². The number of nitrogens with zero attached hydrogens (tertiary/aromatic N) is 1. The van der Waals surface area contributed by atoms with Crippen molar-refractivity contribution in [2.24, 2.45) is 5.92 Å². The second-order valence-corrected chi connectivity index (χ2v) is 5.24. The molecule has 1 heterocycles. The van der Waals surface area contributed by atoms with Crippen LogP contribution < -0.4 is 4.74 Å². The fourth-order valence-electron chi connectivity index (χ4n) is 1.96. The Morgan fingerprint density at radius 2 is 1.89 bits per heavy atom. The number of alkyl halides is 3. The van der Waals surface area contributed by atoms with Gasteiger partial charge in [-0.3, -0.25) is 4.98 Å². The predicted octanol–water partition coefficient (Wildman–Crippen LogP) is 4.98. The van der Waals surface area contributed by atoms with Crippen LogP contribution >= 0.6 is 15.9 Å². The van der Waals surface area contributed by atoms with Crippen molar-refractivity contribution < 1.29 is 17.9 Å². The highest BCUT2D eigenvalue weighted by molar-refractivity contribution is 9.10. The minimum absolute atomic E-state index is 0.351. The maximum Gasteiger partial charge on any atom is 0.391 e. The van der Waals surface area contributed by atoms with E-state index in [2.05, 4.69) is 20.9 Å². The van der Waals surface area contributed by atoms with Crippen LogP contribution in [0.3, 0.4) is 0 Å². The van der Waals surface area contributed by atoms with Crippen molar-refractivity contribution >= 4 is 15.9 Å². The van der Waals surface area contributed by atoms with Gasteiger partial charge in [-0.15, -0.1) is 0 Å². The van der Waals surface area contributed by atoms with Gasteiger partial charge >= 0.3 is 6.18 Å². The van der Waals surface area contributed by atoms with Crippen LogP contribution in [0.2, 0.25) is 0 Å². The minimum Gasteiger partial charge on any atom is -0.495 e. The molecule has 1 aromatic rings. The fourth-order valence-corrected chi connectivity index (χ4v) is 2.37. The van der Waals surface area contributed by atoms with Gasteiger partial charge < -0.3 is 4.74 Å². The summed E-state index contributed by atoms with van der Waals surface area (Å²) in [4.78, 5) is 3.87. The monoisotopic (exact) mass is 339 g/mol. The Morgan fingerprint density at radius 1 is 1.26 bits per heavy atom. The van der Waals surface area contributed by atoms with Crippen molar-refractivity contribution in [3.8, 4) is 5.75 Å². The molecule has 1 fully saturated rings. The zero-order valence-corrected chi connectivity index (χ0v) is 12.3. The molecule has 19 heavy (non-hydrogen) atoms. The van der Waals surface area contributed by atoms with Gasteiger partial charge in [-0.05, 0) is 34.8 Å². The minimum atomic E-state index is -3.93. The van der Waals surface area contributed by atoms with Crippen LogP contribution in [0.5, 0.6) is 5.75 Å². The Hall–Kier alpha value is -0.780. The Labute approximate surface area is 119 Å². The highest BCUT2D eigenvalue weighted by Crippen LogP contribution is 2.37. The predicted molar refractivity (Wildman–Crippen MR) is 71.1 cm³/mol. The van der Waals surface area contributed by atoms with E-state index in [1.165, 1.54) is 0 Å². The summed E-state index contributed by atoms with van der Waals surface area (Å²) in [6, 6.07) is 1.80. The number of hydrogen-bond acceptors (Lipinski definition) is 2. The average molecular weight is 340 g/mol. The van der Waals surface area contributed by atoms with E-state index in [1.807, 2.05) is 0 Å². The van der Waals surface area contributed by atoms with Crippen molar-refractivity contribution in [1.82, 2.24) is 4.98 Å². The van der Waals surface area contributed by atoms with Crippen molar-refractivity contribution in [3.63, 3.8) is 0 Å². The molecule has 0 atom stereocenters. The van der Waals surface area contributed by atoms with Gasteiger partial charge in [-0.2, -0.15) is 13.2 Å². The zero-order valence-electron chi connectivity index (χ0n) is 10.7. The van der Waals surface area contributed by atoms with Gasteiger partial charge in [0.05, 0.1) is 17.5 Å². The molecular weight excluding hydrogens is 323 g/mol. The lowest BCUT2D eigenvalue weighted by Gasteiger charge is -2.23. The maximum atomic E-state index is 11.9. The number of methoxy groups -OCH3 is 1. The first kappa shape index (κ1) is 16.3. The van der Waals surface area contributed by atoms with Gasteiger partial charge in [0, 0.05) is 12.4 Å². The van der Waals surface area contributed by atoms with E-state index in [-0.39, 0.29) is 0 Å². The first-order valence-electron chi connectivity index (χ1n) is 6.15. The van der Waals surface area contributed by atoms with Crippen LogP contribution in [0, 0.1) is 5.92 Å². The van der Waals surface area contributed by atoms with Gasteiger partial charge in [-0.25, -0.2) is 0 Å². The van der Waals surface area contributed by atoms with E-state index in [9.17, 15) is 13.2 Å². The molecule has 1 aliphatic rings. The molecule has 1 aliphatic carbocycles. The van der Waals surface area contributed by atoms with Crippen LogP contribution in [-0.2, 0) is 0 Å². The summed E-state index contributed by atoms with van der Waals surface area (Å²) in [6.45, 7) is 0. The van der Waals surface area contributed by atoms with E-state index in [4.69, 9.17) is 4.74 Å². The van der Waals surface area contributed by atoms with Crippen molar-refractivity contribution in [2.75, 3.05) is 7.11 Å². The third-order valence-corrected chi connectivity index (χ3v) is 3.62. The lowest BCUT2D eigenvalue weighted by molar-refractivity contribution is -0.181. The Bertz CT molecular complexity index is 378.